The maximum absolute atomic E-state index is 11.7. The van der Waals surface area contributed by atoms with Crippen molar-refractivity contribution in [1.82, 2.24) is 0 Å². The smallest absolute Gasteiger partial charge is 0.338 e. The van der Waals surface area contributed by atoms with Crippen LogP contribution in [0.1, 0.15) is 40.0 Å². The van der Waals surface area contributed by atoms with Crippen molar-refractivity contribution < 1.29 is 19.7 Å². The minimum Gasteiger partial charge on any atom is -0.456 e. The normalized spacial score (nSPS) is 45.5. The lowest BCUT2D eigenvalue weighted by molar-refractivity contribution is -0.153. The number of allylic oxidation sites excluding steroid dienone is 1. The van der Waals surface area contributed by atoms with Gasteiger partial charge < -0.3 is 14.9 Å². The van der Waals surface area contributed by atoms with E-state index in [4.69, 9.17) is 4.74 Å². The number of carbonyl (C=O) groups is 1. The fourth-order valence-electron chi connectivity index (χ4n) is 2.75. The summed E-state index contributed by atoms with van der Waals surface area (Å²) < 4.78 is 5.27. The highest BCUT2D eigenvalue weighted by molar-refractivity contribution is 5.82. The maximum Gasteiger partial charge on any atom is 0.338 e. The van der Waals surface area contributed by atoms with E-state index in [0.29, 0.717) is 12.8 Å². The van der Waals surface area contributed by atoms with Crippen molar-refractivity contribution >= 4 is 5.97 Å². The van der Waals surface area contributed by atoms with Crippen molar-refractivity contribution in [2.24, 2.45) is 5.92 Å². The molecule has 0 aromatic carbocycles. The van der Waals surface area contributed by atoms with Crippen LogP contribution in [0.2, 0.25) is 0 Å². The van der Waals surface area contributed by atoms with Gasteiger partial charge in [-0.2, -0.15) is 0 Å². The summed E-state index contributed by atoms with van der Waals surface area (Å²) in [6, 6.07) is 0. The van der Waals surface area contributed by atoms with Crippen molar-refractivity contribution in [3.63, 3.8) is 0 Å². The van der Waals surface area contributed by atoms with Gasteiger partial charge in [-0.25, -0.2) is 4.79 Å². The van der Waals surface area contributed by atoms with Crippen LogP contribution in [0.3, 0.4) is 0 Å². The molecule has 4 nitrogen and oxygen atoms in total. The number of aliphatic hydroxyl groups excluding tert-OH is 1. The average molecular weight is 266 g/mol. The molecule has 0 bridgehead atoms. The molecule has 0 unspecified atom stereocenters. The van der Waals surface area contributed by atoms with Gasteiger partial charge in [0.2, 0.25) is 0 Å². The number of fused-ring (bicyclic) bond motifs is 1. The van der Waals surface area contributed by atoms with Crippen LogP contribution in [-0.4, -0.2) is 34.0 Å². The lowest BCUT2D eigenvalue weighted by Crippen LogP contribution is -2.38. The largest absolute Gasteiger partial charge is 0.456 e. The molecule has 1 aliphatic carbocycles. The molecule has 0 aromatic heterocycles. The van der Waals surface area contributed by atoms with Crippen LogP contribution in [0, 0.1) is 5.92 Å². The molecule has 0 amide bonds. The molecule has 0 aromatic rings. The summed E-state index contributed by atoms with van der Waals surface area (Å²) in [5.74, 6) is -0.828. The molecule has 2 aliphatic rings. The zero-order chi connectivity index (χ0) is 14.2. The zero-order valence-corrected chi connectivity index (χ0v) is 11.7. The first-order valence-corrected chi connectivity index (χ1v) is 6.78. The van der Waals surface area contributed by atoms with Gasteiger partial charge in [0.25, 0.3) is 0 Å². The van der Waals surface area contributed by atoms with E-state index in [-0.39, 0.29) is 5.92 Å². The minimum atomic E-state index is -1.44. The predicted molar refractivity (Wildman–Crippen MR) is 71.4 cm³/mol. The highest BCUT2D eigenvalue weighted by atomic mass is 16.6. The topological polar surface area (TPSA) is 66.8 Å². The molecule has 2 N–H and O–H groups in total. The molecule has 0 spiro atoms. The second-order valence-electron chi connectivity index (χ2n) is 5.88. The Bertz CT molecular complexity index is 433. The number of hydrogen-bond donors (Lipinski definition) is 2. The molecule has 4 atom stereocenters. The van der Waals surface area contributed by atoms with Gasteiger partial charge in [-0.3, -0.25) is 0 Å². The third-order valence-corrected chi connectivity index (χ3v) is 4.27. The van der Waals surface area contributed by atoms with Gasteiger partial charge in [0.15, 0.2) is 5.60 Å². The van der Waals surface area contributed by atoms with E-state index in [1.807, 2.05) is 19.9 Å². The molecule has 0 radical (unpaired) electrons. The second kappa shape index (κ2) is 5.10. The molecule has 1 aliphatic heterocycles. The van der Waals surface area contributed by atoms with Crippen LogP contribution >= 0.6 is 0 Å². The van der Waals surface area contributed by atoms with Crippen LogP contribution in [0.4, 0.5) is 0 Å². The lowest BCUT2D eigenvalue weighted by Gasteiger charge is -2.24. The van der Waals surface area contributed by atoms with E-state index in [9.17, 15) is 15.0 Å². The molecule has 2 rings (SSSR count). The Balaban J connectivity index is 2.34. The summed E-state index contributed by atoms with van der Waals surface area (Å²) in [5.41, 5.74) is 0.514. The van der Waals surface area contributed by atoms with Crippen molar-refractivity contribution in [3.05, 3.63) is 23.3 Å². The van der Waals surface area contributed by atoms with E-state index in [1.54, 1.807) is 6.08 Å². The summed E-state index contributed by atoms with van der Waals surface area (Å²) >= 11 is 0. The Hall–Kier alpha value is -1.13. The Morgan fingerprint density at radius 3 is 2.79 bits per heavy atom. The van der Waals surface area contributed by atoms with Gasteiger partial charge in [0, 0.05) is 5.92 Å². The quantitative estimate of drug-likeness (QED) is 0.517. The second-order valence-corrected chi connectivity index (χ2v) is 5.88. The van der Waals surface area contributed by atoms with Crippen molar-refractivity contribution in [1.29, 1.82) is 0 Å². The maximum atomic E-state index is 11.7. The van der Waals surface area contributed by atoms with Crippen molar-refractivity contribution in [3.8, 4) is 0 Å². The van der Waals surface area contributed by atoms with E-state index < -0.39 is 23.8 Å². The van der Waals surface area contributed by atoms with Crippen LogP contribution in [-0.2, 0) is 9.53 Å². The molecule has 1 saturated heterocycles. The molecule has 19 heavy (non-hydrogen) atoms. The molecule has 106 valence electrons. The minimum absolute atomic E-state index is 0.261. The van der Waals surface area contributed by atoms with Crippen LogP contribution in [0.15, 0.2) is 23.3 Å². The summed E-state index contributed by atoms with van der Waals surface area (Å²) in [5, 5.41) is 20.3. The number of aliphatic hydroxyl groups is 2. The predicted octanol–water partition coefficient (Wildman–Crippen LogP) is 1.72. The standard InChI is InChI=1S/C15H22O4/c1-9-4-6-11-13(19-14(17)15(11,3)18)8-10(2)12(16)7-5-9/h5,8,11-13,16,18H,4,6-7H2,1-3H3/b9-5+,10-8+/t11-,12-,13-,15-/m1/s1. The fourth-order valence-corrected chi connectivity index (χ4v) is 2.75. The SMILES string of the molecule is C/C1=C\C[C@@H](O)/C(C)=C/[C@H]2OC(=O)[C@](C)(O)[C@@H]2CC1. The van der Waals surface area contributed by atoms with E-state index >= 15 is 0 Å². The number of esters is 1. The van der Waals surface area contributed by atoms with Crippen LogP contribution in [0.5, 0.6) is 0 Å². The first-order chi connectivity index (χ1) is 8.82. The van der Waals surface area contributed by atoms with Gasteiger partial charge in [-0.1, -0.05) is 11.6 Å². The Labute approximate surface area is 113 Å². The number of carbonyl (C=O) groups excluding carboxylic acids is 1. The number of ether oxygens (including phenoxy) is 1. The average Bonchev–Trinajstić information content (AvgIpc) is 2.54. The van der Waals surface area contributed by atoms with Crippen LogP contribution < -0.4 is 0 Å². The van der Waals surface area contributed by atoms with Crippen molar-refractivity contribution in [2.45, 2.75) is 57.8 Å². The number of rotatable bonds is 0. The van der Waals surface area contributed by atoms with Gasteiger partial charge in [-0.15, -0.1) is 0 Å². The summed E-state index contributed by atoms with van der Waals surface area (Å²) in [6.45, 7) is 5.35. The number of hydrogen-bond acceptors (Lipinski definition) is 4. The first-order valence-electron chi connectivity index (χ1n) is 6.78. The van der Waals surface area contributed by atoms with Crippen molar-refractivity contribution in [2.75, 3.05) is 0 Å². The van der Waals surface area contributed by atoms with Gasteiger partial charge in [0.05, 0.1) is 6.10 Å². The van der Waals surface area contributed by atoms with Gasteiger partial charge in [0.1, 0.15) is 6.10 Å². The monoisotopic (exact) mass is 266 g/mol. The Kier molecular flexibility index (Phi) is 3.83. The highest BCUT2D eigenvalue weighted by Gasteiger charge is 2.52. The van der Waals surface area contributed by atoms with E-state index in [0.717, 1.165) is 12.0 Å². The molecule has 0 saturated carbocycles. The zero-order valence-electron chi connectivity index (χ0n) is 11.7. The third-order valence-electron chi connectivity index (χ3n) is 4.27. The molecule has 1 heterocycles. The summed E-state index contributed by atoms with van der Waals surface area (Å²) in [4.78, 5) is 11.7. The Morgan fingerprint density at radius 2 is 2.11 bits per heavy atom. The van der Waals surface area contributed by atoms with E-state index in [2.05, 4.69) is 0 Å². The highest BCUT2D eigenvalue weighted by Crippen LogP contribution is 2.38. The first kappa shape index (κ1) is 14.3. The van der Waals surface area contributed by atoms with Gasteiger partial charge >= 0.3 is 5.97 Å². The molecule has 4 heteroatoms. The molecular weight excluding hydrogens is 244 g/mol. The Morgan fingerprint density at radius 1 is 1.42 bits per heavy atom. The van der Waals surface area contributed by atoms with Crippen LogP contribution in [0.25, 0.3) is 0 Å². The molecule has 1 fully saturated rings. The lowest BCUT2D eigenvalue weighted by atomic mass is 9.81. The third kappa shape index (κ3) is 2.74. The van der Waals surface area contributed by atoms with E-state index in [1.165, 1.54) is 12.5 Å². The molecular formula is C15H22O4. The fraction of sp³-hybridized carbons (Fsp3) is 0.667. The summed E-state index contributed by atoms with van der Waals surface area (Å²) in [7, 11) is 0. The van der Waals surface area contributed by atoms with Gasteiger partial charge in [-0.05, 0) is 51.7 Å². The summed E-state index contributed by atoms with van der Waals surface area (Å²) in [6.07, 6.45) is 4.88.